The van der Waals surface area contributed by atoms with Crippen LogP contribution in [0.4, 0.5) is 5.69 Å². The minimum absolute atomic E-state index is 0. The van der Waals surface area contributed by atoms with Crippen molar-refractivity contribution in [1.82, 2.24) is 0 Å². The molecule has 2 saturated carbocycles. The van der Waals surface area contributed by atoms with Crippen LogP contribution >= 0.6 is 12.4 Å². The van der Waals surface area contributed by atoms with Crippen molar-refractivity contribution in [2.75, 3.05) is 12.4 Å². The number of benzene rings is 1. The summed E-state index contributed by atoms with van der Waals surface area (Å²) in [5.41, 5.74) is 8.08. The van der Waals surface area contributed by atoms with Gasteiger partial charge in [-0.1, -0.05) is 0 Å². The predicted octanol–water partition coefficient (Wildman–Crippen LogP) is 2.74. The van der Waals surface area contributed by atoms with E-state index in [-0.39, 0.29) is 30.3 Å². The Hall–Kier alpha value is -1.26. The lowest BCUT2D eigenvalue weighted by atomic mass is 9.84. The first-order valence-corrected chi connectivity index (χ1v) is 7.31. The van der Waals surface area contributed by atoms with Crippen molar-refractivity contribution in [1.29, 1.82) is 0 Å². The molecule has 0 heterocycles. The molecule has 0 aliphatic heterocycles. The standard InChI is InChI=1S/C16H22N2O2.ClH/c1-9-7-12(20-2)5-6-13(9)18-16(19)14-10-3-4-11(8-10)15(14)17;/h5-7,10-11,14-15H,3-4,8,17H2,1-2H3,(H,18,19);1H. The smallest absolute Gasteiger partial charge is 0.229 e. The van der Waals surface area contributed by atoms with Crippen molar-refractivity contribution in [3.05, 3.63) is 23.8 Å². The Morgan fingerprint density at radius 2 is 2.05 bits per heavy atom. The molecular weight excluding hydrogens is 288 g/mol. The second kappa shape index (κ2) is 6.24. The lowest BCUT2D eigenvalue weighted by Crippen LogP contribution is -2.42. The monoisotopic (exact) mass is 310 g/mol. The summed E-state index contributed by atoms with van der Waals surface area (Å²) in [6, 6.07) is 5.72. The number of rotatable bonds is 3. The van der Waals surface area contributed by atoms with Gasteiger partial charge in [-0.2, -0.15) is 0 Å². The van der Waals surface area contributed by atoms with Crippen LogP contribution < -0.4 is 15.8 Å². The topological polar surface area (TPSA) is 64.3 Å². The summed E-state index contributed by atoms with van der Waals surface area (Å²) in [7, 11) is 1.64. The molecule has 2 aliphatic rings. The van der Waals surface area contributed by atoms with Gasteiger partial charge in [0.2, 0.25) is 5.91 Å². The maximum absolute atomic E-state index is 12.5. The molecule has 0 radical (unpaired) electrons. The minimum Gasteiger partial charge on any atom is -0.497 e. The Bertz CT molecular complexity index is 533. The molecule has 0 spiro atoms. The highest BCUT2D eigenvalue weighted by molar-refractivity contribution is 5.94. The number of hydrogen-bond acceptors (Lipinski definition) is 3. The van der Waals surface area contributed by atoms with Gasteiger partial charge in [0.25, 0.3) is 0 Å². The van der Waals surface area contributed by atoms with E-state index in [0.29, 0.717) is 11.8 Å². The molecule has 0 saturated heterocycles. The van der Waals surface area contributed by atoms with Crippen molar-refractivity contribution >= 4 is 24.0 Å². The number of anilines is 1. The molecular formula is C16H23ClN2O2. The molecule has 1 aromatic carbocycles. The van der Waals surface area contributed by atoms with Crippen LogP contribution in [0.15, 0.2) is 18.2 Å². The Balaban J connectivity index is 0.00000161. The number of ether oxygens (including phenoxy) is 1. The zero-order chi connectivity index (χ0) is 14.3. The number of amides is 1. The summed E-state index contributed by atoms with van der Waals surface area (Å²) in [5, 5.41) is 3.04. The third-order valence-electron chi connectivity index (χ3n) is 4.97. The van der Waals surface area contributed by atoms with Gasteiger partial charge < -0.3 is 15.8 Å². The Labute approximate surface area is 131 Å². The average molecular weight is 311 g/mol. The average Bonchev–Trinajstić information content (AvgIpc) is 3.01. The molecule has 4 atom stereocenters. The SMILES string of the molecule is COc1ccc(NC(=O)C2C3CCC(C3)C2N)c(C)c1.Cl. The molecule has 116 valence electrons. The fraction of sp³-hybridized carbons (Fsp3) is 0.562. The van der Waals surface area contributed by atoms with Crippen LogP contribution in [0.25, 0.3) is 0 Å². The van der Waals surface area contributed by atoms with E-state index in [9.17, 15) is 4.79 Å². The minimum atomic E-state index is -0.0183. The van der Waals surface area contributed by atoms with Crippen LogP contribution in [0.3, 0.4) is 0 Å². The maximum Gasteiger partial charge on any atom is 0.229 e. The lowest BCUT2D eigenvalue weighted by Gasteiger charge is -2.27. The first-order chi connectivity index (χ1) is 9.60. The molecule has 1 amide bonds. The van der Waals surface area contributed by atoms with Gasteiger partial charge in [0.05, 0.1) is 13.0 Å². The fourth-order valence-corrected chi connectivity index (χ4v) is 3.84. The molecule has 0 aromatic heterocycles. The second-order valence-electron chi connectivity index (χ2n) is 6.11. The highest BCUT2D eigenvalue weighted by Crippen LogP contribution is 2.48. The van der Waals surface area contributed by atoms with Crippen molar-refractivity contribution in [2.24, 2.45) is 23.5 Å². The molecule has 1 aromatic rings. The summed E-state index contributed by atoms with van der Waals surface area (Å²) in [5.74, 6) is 1.90. The summed E-state index contributed by atoms with van der Waals surface area (Å²) >= 11 is 0. The number of halogens is 1. The number of nitrogens with two attached hydrogens (primary N) is 1. The van der Waals surface area contributed by atoms with Crippen molar-refractivity contribution < 1.29 is 9.53 Å². The number of nitrogens with one attached hydrogen (secondary N) is 1. The molecule has 21 heavy (non-hydrogen) atoms. The first-order valence-electron chi connectivity index (χ1n) is 7.31. The maximum atomic E-state index is 12.5. The van der Waals surface area contributed by atoms with E-state index in [1.807, 2.05) is 25.1 Å². The largest absolute Gasteiger partial charge is 0.497 e. The number of methoxy groups -OCH3 is 1. The van der Waals surface area contributed by atoms with Gasteiger partial charge in [0.1, 0.15) is 5.75 Å². The van der Waals surface area contributed by atoms with Gasteiger partial charge >= 0.3 is 0 Å². The Morgan fingerprint density at radius 3 is 2.62 bits per heavy atom. The molecule has 3 rings (SSSR count). The van der Waals surface area contributed by atoms with E-state index in [1.165, 1.54) is 6.42 Å². The molecule has 3 N–H and O–H groups in total. The van der Waals surface area contributed by atoms with E-state index in [2.05, 4.69) is 5.32 Å². The third-order valence-corrected chi connectivity index (χ3v) is 4.97. The van der Waals surface area contributed by atoms with Crippen LogP contribution in [-0.4, -0.2) is 19.1 Å². The van der Waals surface area contributed by atoms with E-state index in [1.54, 1.807) is 7.11 Å². The van der Waals surface area contributed by atoms with Gasteiger partial charge in [0.15, 0.2) is 0 Å². The van der Waals surface area contributed by atoms with E-state index < -0.39 is 0 Å². The van der Waals surface area contributed by atoms with Crippen LogP contribution in [0, 0.1) is 24.7 Å². The summed E-state index contributed by atoms with van der Waals surface area (Å²) in [4.78, 5) is 12.5. The zero-order valence-electron chi connectivity index (χ0n) is 12.5. The molecule has 2 fully saturated rings. The molecule has 4 unspecified atom stereocenters. The van der Waals surface area contributed by atoms with Crippen LogP contribution in [0.5, 0.6) is 5.75 Å². The van der Waals surface area contributed by atoms with Gasteiger partial charge in [0, 0.05) is 11.7 Å². The molecule has 2 bridgehead atoms. The van der Waals surface area contributed by atoms with Crippen molar-refractivity contribution in [2.45, 2.75) is 32.2 Å². The van der Waals surface area contributed by atoms with E-state index in [0.717, 1.165) is 29.8 Å². The number of hydrogen-bond donors (Lipinski definition) is 2. The van der Waals surface area contributed by atoms with Crippen LogP contribution in [0.2, 0.25) is 0 Å². The number of carbonyl (C=O) groups excluding carboxylic acids is 1. The third kappa shape index (κ3) is 2.87. The molecule has 4 nitrogen and oxygen atoms in total. The van der Waals surface area contributed by atoms with Gasteiger partial charge in [-0.15, -0.1) is 12.4 Å². The van der Waals surface area contributed by atoms with Crippen LogP contribution in [0.1, 0.15) is 24.8 Å². The molecule has 5 heteroatoms. The van der Waals surface area contributed by atoms with E-state index >= 15 is 0 Å². The summed E-state index contributed by atoms with van der Waals surface area (Å²) in [6.07, 6.45) is 3.47. The van der Waals surface area contributed by atoms with Gasteiger partial charge in [-0.05, 0) is 61.8 Å². The highest BCUT2D eigenvalue weighted by atomic mass is 35.5. The number of fused-ring (bicyclic) bond motifs is 2. The first kappa shape index (κ1) is 16.1. The van der Waals surface area contributed by atoms with Gasteiger partial charge in [-0.25, -0.2) is 0 Å². The quantitative estimate of drug-likeness (QED) is 0.902. The normalized spacial score (nSPS) is 29.9. The number of aryl methyl sites for hydroxylation is 1. The fourth-order valence-electron chi connectivity index (χ4n) is 3.84. The van der Waals surface area contributed by atoms with Gasteiger partial charge in [-0.3, -0.25) is 4.79 Å². The summed E-state index contributed by atoms with van der Waals surface area (Å²) < 4.78 is 5.18. The van der Waals surface area contributed by atoms with Crippen molar-refractivity contribution in [3.8, 4) is 5.75 Å². The highest BCUT2D eigenvalue weighted by Gasteiger charge is 2.49. The van der Waals surface area contributed by atoms with Crippen LogP contribution in [-0.2, 0) is 4.79 Å². The zero-order valence-corrected chi connectivity index (χ0v) is 13.3. The lowest BCUT2D eigenvalue weighted by molar-refractivity contribution is -0.121. The molecule has 2 aliphatic carbocycles. The van der Waals surface area contributed by atoms with E-state index in [4.69, 9.17) is 10.5 Å². The number of carbonyl (C=O) groups is 1. The second-order valence-corrected chi connectivity index (χ2v) is 6.11. The van der Waals surface area contributed by atoms with Crippen molar-refractivity contribution in [3.63, 3.8) is 0 Å². The summed E-state index contributed by atoms with van der Waals surface area (Å²) in [6.45, 7) is 1.97. The Kier molecular flexibility index (Phi) is 4.79. The Morgan fingerprint density at radius 1 is 1.33 bits per heavy atom. The predicted molar refractivity (Wildman–Crippen MR) is 85.9 cm³/mol.